The van der Waals surface area contributed by atoms with Crippen molar-refractivity contribution in [1.82, 2.24) is 4.57 Å². The van der Waals surface area contributed by atoms with Crippen molar-refractivity contribution in [3.8, 4) is 5.69 Å². The first-order valence-electron chi connectivity index (χ1n) is 12.2. The SMILES string of the molecule is Cc1cc2c3c(c1)C(C)(C)c1ccc4c5ccccc5n5c4c1B3c1c-5cccc1C2(C)C. The molecule has 1 aromatic heterocycles. The molecule has 33 heavy (non-hydrogen) atoms. The third kappa shape index (κ3) is 1.80. The lowest BCUT2D eigenvalue weighted by atomic mass is 9.26. The molecule has 0 unspecified atom stereocenters. The molecule has 2 heteroatoms. The van der Waals surface area contributed by atoms with Crippen molar-refractivity contribution in [2.24, 2.45) is 0 Å². The number of fused-ring (bicyclic) bond motifs is 4. The molecule has 8 rings (SSSR count). The number of benzene rings is 4. The lowest BCUT2D eigenvalue weighted by Crippen LogP contribution is -2.68. The van der Waals surface area contributed by atoms with Crippen molar-refractivity contribution >= 4 is 44.9 Å². The molecule has 3 aliphatic rings. The first-order valence-corrected chi connectivity index (χ1v) is 12.2. The zero-order valence-corrected chi connectivity index (χ0v) is 19.9. The van der Waals surface area contributed by atoms with Crippen molar-refractivity contribution in [1.29, 1.82) is 0 Å². The molecule has 0 spiro atoms. The molecule has 0 fully saturated rings. The van der Waals surface area contributed by atoms with Gasteiger partial charge in [-0.1, -0.05) is 93.3 Å². The van der Waals surface area contributed by atoms with E-state index in [9.17, 15) is 0 Å². The summed E-state index contributed by atoms with van der Waals surface area (Å²) in [4.78, 5) is 0. The van der Waals surface area contributed by atoms with Crippen LogP contribution >= 0.6 is 0 Å². The van der Waals surface area contributed by atoms with Crippen molar-refractivity contribution < 1.29 is 0 Å². The predicted octanol–water partition coefficient (Wildman–Crippen LogP) is 5.20. The lowest BCUT2D eigenvalue weighted by molar-refractivity contribution is 0.620. The lowest BCUT2D eigenvalue weighted by Gasteiger charge is -2.49. The Kier molecular flexibility index (Phi) is 2.91. The van der Waals surface area contributed by atoms with Crippen LogP contribution in [0.4, 0.5) is 0 Å². The highest BCUT2D eigenvalue weighted by Gasteiger charge is 2.51. The standard InChI is InChI=1S/C31H26BN/c1-17-15-22-26-23(16-17)31(4,5)21-14-13-19-18-9-6-7-11-24(18)33-25-12-8-10-20(30(22,2)3)27(25)32(26)28(21)29(19)33/h6-16H,1-5H3. The molecular weight excluding hydrogens is 397 g/mol. The van der Waals surface area contributed by atoms with Crippen molar-refractivity contribution in [3.05, 3.63) is 94.5 Å². The Morgan fingerprint density at radius 3 is 2.09 bits per heavy atom. The fourth-order valence-electron chi connectivity index (χ4n) is 7.63. The third-order valence-electron chi connectivity index (χ3n) is 9.08. The molecule has 1 nitrogen and oxygen atoms in total. The Hall–Kier alpha value is -3.26. The van der Waals surface area contributed by atoms with E-state index in [0.29, 0.717) is 6.71 Å². The second kappa shape index (κ2) is 5.28. The quantitative estimate of drug-likeness (QED) is 0.296. The number of nitrogens with zero attached hydrogens (tertiary/aromatic N) is 1. The minimum Gasteiger partial charge on any atom is -0.310 e. The van der Waals surface area contributed by atoms with Gasteiger partial charge in [0.05, 0.1) is 5.52 Å². The van der Waals surface area contributed by atoms with E-state index in [1.807, 2.05) is 0 Å². The van der Waals surface area contributed by atoms with Gasteiger partial charge >= 0.3 is 0 Å². The zero-order chi connectivity index (χ0) is 22.4. The molecule has 0 saturated carbocycles. The average molecular weight is 423 g/mol. The summed E-state index contributed by atoms with van der Waals surface area (Å²) in [6, 6.07) is 25.7. The fourth-order valence-corrected chi connectivity index (χ4v) is 7.63. The van der Waals surface area contributed by atoms with Crippen molar-refractivity contribution in [3.63, 3.8) is 0 Å². The Morgan fingerprint density at radius 1 is 0.636 bits per heavy atom. The molecule has 158 valence electrons. The van der Waals surface area contributed by atoms with Gasteiger partial charge in [0.25, 0.3) is 0 Å². The smallest absolute Gasteiger partial charge is 0.248 e. The van der Waals surface area contributed by atoms with Gasteiger partial charge in [0.2, 0.25) is 6.71 Å². The van der Waals surface area contributed by atoms with E-state index in [2.05, 4.69) is 106 Å². The van der Waals surface area contributed by atoms with Crippen LogP contribution in [0.5, 0.6) is 0 Å². The van der Waals surface area contributed by atoms with E-state index >= 15 is 0 Å². The van der Waals surface area contributed by atoms with Crippen LogP contribution in [-0.4, -0.2) is 11.3 Å². The molecule has 0 amide bonds. The Labute approximate surface area is 195 Å². The van der Waals surface area contributed by atoms with Crippen LogP contribution in [0.15, 0.2) is 66.7 Å². The summed E-state index contributed by atoms with van der Waals surface area (Å²) in [5.41, 5.74) is 16.1. The van der Waals surface area contributed by atoms with E-state index in [1.54, 1.807) is 10.9 Å². The van der Waals surface area contributed by atoms with Gasteiger partial charge < -0.3 is 4.57 Å². The maximum absolute atomic E-state index is 2.58. The molecule has 0 radical (unpaired) electrons. The van der Waals surface area contributed by atoms with Crippen LogP contribution < -0.4 is 16.4 Å². The van der Waals surface area contributed by atoms with E-state index < -0.39 is 0 Å². The largest absolute Gasteiger partial charge is 0.310 e. The van der Waals surface area contributed by atoms with Gasteiger partial charge in [-0.15, -0.1) is 0 Å². The second-order valence-electron chi connectivity index (χ2n) is 11.5. The summed E-state index contributed by atoms with van der Waals surface area (Å²) < 4.78 is 2.58. The summed E-state index contributed by atoms with van der Waals surface area (Å²) in [7, 11) is 0. The molecule has 0 saturated heterocycles. The topological polar surface area (TPSA) is 4.93 Å². The fraction of sp³-hybridized carbons (Fsp3) is 0.226. The minimum absolute atomic E-state index is 0.0279. The van der Waals surface area contributed by atoms with E-state index in [4.69, 9.17) is 0 Å². The van der Waals surface area contributed by atoms with Gasteiger partial charge in [-0.05, 0) is 52.2 Å². The van der Waals surface area contributed by atoms with Gasteiger partial charge in [-0.3, -0.25) is 0 Å². The zero-order valence-electron chi connectivity index (χ0n) is 19.9. The number of hydrogen-bond acceptors (Lipinski definition) is 0. The summed E-state index contributed by atoms with van der Waals surface area (Å²) in [6.45, 7) is 12.3. The summed E-state index contributed by atoms with van der Waals surface area (Å²) >= 11 is 0. The summed E-state index contributed by atoms with van der Waals surface area (Å²) in [5.74, 6) is 0. The van der Waals surface area contributed by atoms with Crippen LogP contribution in [0.2, 0.25) is 0 Å². The Morgan fingerprint density at radius 2 is 1.33 bits per heavy atom. The molecule has 0 N–H and O–H groups in total. The van der Waals surface area contributed by atoms with Crippen LogP contribution in [0.25, 0.3) is 27.5 Å². The molecule has 0 atom stereocenters. The highest BCUT2D eigenvalue weighted by molar-refractivity contribution is 7.00. The highest BCUT2D eigenvalue weighted by atomic mass is 15.0. The van der Waals surface area contributed by atoms with Crippen LogP contribution in [0.1, 0.15) is 55.5 Å². The maximum atomic E-state index is 2.58. The maximum Gasteiger partial charge on any atom is 0.248 e. The summed E-state index contributed by atoms with van der Waals surface area (Å²) in [5, 5.41) is 2.75. The van der Waals surface area contributed by atoms with Crippen LogP contribution in [0.3, 0.4) is 0 Å². The molecule has 3 aliphatic heterocycles. The molecule has 4 heterocycles. The predicted molar refractivity (Wildman–Crippen MR) is 141 cm³/mol. The first kappa shape index (κ1) is 18.2. The number of aromatic nitrogens is 1. The minimum atomic E-state index is -0.0305. The Balaban J connectivity index is 1.72. The molecule has 0 bridgehead atoms. The van der Waals surface area contributed by atoms with Gasteiger partial charge in [0.1, 0.15) is 0 Å². The van der Waals surface area contributed by atoms with Gasteiger partial charge in [0.15, 0.2) is 0 Å². The normalized spacial score (nSPS) is 17.7. The van der Waals surface area contributed by atoms with Crippen molar-refractivity contribution in [2.45, 2.75) is 45.4 Å². The number of para-hydroxylation sites is 1. The van der Waals surface area contributed by atoms with E-state index in [1.165, 1.54) is 60.8 Å². The monoisotopic (exact) mass is 423 g/mol. The number of aryl methyl sites for hydroxylation is 1. The number of rotatable bonds is 0. The highest BCUT2D eigenvalue weighted by Crippen LogP contribution is 2.45. The molecule has 5 aromatic rings. The van der Waals surface area contributed by atoms with Gasteiger partial charge in [0, 0.05) is 32.8 Å². The van der Waals surface area contributed by atoms with Crippen molar-refractivity contribution in [2.75, 3.05) is 0 Å². The molecular formula is C31H26BN. The summed E-state index contributed by atoms with van der Waals surface area (Å²) in [6.07, 6.45) is 0. The van der Waals surface area contributed by atoms with Gasteiger partial charge in [-0.25, -0.2) is 0 Å². The Bertz CT molecular complexity index is 1710. The third-order valence-corrected chi connectivity index (χ3v) is 9.08. The van der Waals surface area contributed by atoms with E-state index in [0.717, 1.165) is 0 Å². The average Bonchev–Trinajstić information content (AvgIpc) is 3.13. The molecule has 4 aromatic carbocycles. The number of hydrogen-bond donors (Lipinski definition) is 0. The van der Waals surface area contributed by atoms with Crippen LogP contribution in [-0.2, 0) is 10.8 Å². The second-order valence-corrected chi connectivity index (χ2v) is 11.5. The first-order chi connectivity index (χ1) is 15.8. The van der Waals surface area contributed by atoms with Gasteiger partial charge in [-0.2, -0.15) is 0 Å². The van der Waals surface area contributed by atoms with E-state index in [-0.39, 0.29) is 10.8 Å². The molecule has 0 aliphatic carbocycles. The van der Waals surface area contributed by atoms with Crippen LogP contribution in [0, 0.1) is 6.92 Å².